The lowest BCUT2D eigenvalue weighted by molar-refractivity contribution is 0.586. The van der Waals surface area contributed by atoms with E-state index in [0.717, 1.165) is 19.6 Å². The van der Waals surface area contributed by atoms with E-state index in [1.54, 1.807) is 0 Å². The number of hydrogen-bond acceptors (Lipinski definition) is 4. The average molecular weight is 284 g/mol. The highest BCUT2D eigenvalue weighted by molar-refractivity contribution is 5.52. The molecule has 2 aromatic rings. The SMILES string of the molecule is CCN(Cc1ccncc1)c1ccncc1CNC(C)C. The van der Waals surface area contributed by atoms with Crippen LogP contribution in [0.25, 0.3) is 0 Å². The summed E-state index contributed by atoms with van der Waals surface area (Å²) in [4.78, 5) is 10.7. The van der Waals surface area contributed by atoms with E-state index >= 15 is 0 Å². The summed E-state index contributed by atoms with van der Waals surface area (Å²) < 4.78 is 0. The molecule has 0 bridgehead atoms. The summed E-state index contributed by atoms with van der Waals surface area (Å²) >= 11 is 0. The second-order valence-corrected chi connectivity index (χ2v) is 5.41. The van der Waals surface area contributed by atoms with Crippen LogP contribution in [-0.2, 0) is 13.1 Å². The lowest BCUT2D eigenvalue weighted by Crippen LogP contribution is -2.27. The minimum atomic E-state index is 0.466. The number of rotatable bonds is 7. The predicted molar refractivity (Wildman–Crippen MR) is 87.2 cm³/mol. The van der Waals surface area contributed by atoms with Gasteiger partial charge in [-0.2, -0.15) is 0 Å². The van der Waals surface area contributed by atoms with Crippen LogP contribution in [0.5, 0.6) is 0 Å². The molecule has 0 spiro atoms. The first kappa shape index (κ1) is 15.4. The van der Waals surface area contributed by atoms with Crippen molar-refractivity contribution in [1.82, 2.24) is 15.3 Å². The van der Waals surface area contributed by atoms with Crippen LogP contribution in [0, 0.1) is 0 Å². The van der Waals surface area contributed by atoms with Gasteiger partial charge in [-0.3, -0.25) is 9.97 Å². The maximum atomic E-state index is 4.27. The van der Waals surface area contributed by atoms with Crippen molar-refractivity contribution in [3.8, 4) is 0 Å². The first-order chi connectivity index (χ1) is 10.2. The molecule has 0 aliphatic heterocycles. The lowest BCUT2D eigenvalue weighted by atomic mass is 10.1. The van der Waals surface area contributed by atoms with E-state index in [9.17, 15) is 0 Å². The monoisotopic (exact) mass is 284 g/mol. The number of nitrogens with one attached hydrogen (secondary N) is 1. The van der Waals surface area contributed by atoms with Crippen molar-refractivity contribution in [2.45, 2.75) is 39.9 Å². The fourth-order valence-electron chi connectivity index (χ4n) is 2.25. The topological polar surface area (TPSA) is 41.1 Å². The van der Waals surface area contributed by atoms with Crippen molar-refractivity contribution >= 4 is 5.69 Å². The molecule has 0 unspecified atom stereocenters. The van der Waals surface area contributed by atoms with E-state index in [1.165, 1.54) is 16.8 Å². The molecular weight excluding hydrogens is 260 g/mol. The highest BCUT2D eigenvalue weighted by Crippen LogP contribution is 2.21. The van der Waals surface area contributed by atoms with Gasteiger partial charge in [0.25, 0.3) is 0 Å². The average Bonchev–Trinajstić information content (AvgIpc) is 2.52. The number of aromatic nitrogens is 2. The lowest BCUT2D eigenvalue weighted by Gasteiger charge is -2.26. The zero-order valence-electron chi connectivity index (χ0n) is 13.1. The van der Waals surface area contributed by atoms with Crippen molar-refractivity contribution in [2.75, 3.05) is 11.4 Å². The summed E-state index contributed by atoms with van der Waals surface area (Å²) in [6, 6.07) is 6.70. The highest BCUT2D eigenvalue weighted by Gasteiger charge is 2.10. The summed E-state index contributed by atoms with van der Waals surface area (Å²) in [7, 11) is 0. The molecule has 0 fully saturated rings. The third kappa shape index (κ3) is 4.53. The van der Waals surface area contributed by atoms with Gasteiger partial charge in [0.15, 0.2) is 0 Å². The van der Waals surface area contributed by atoms with Crippen LogP contribution in [-0.4, -0.2) is 22.6 Å². The number of anilines is 1. The Hall–Kier alpha value is -1.94. The molecule has 0 saturated carbocycles. The van der Waals surface area contributed by atoms with E-state index in [4.69, 9.17) is 0 Å². The van der Waals surface area contributed by atoms with E-state index in [2.05, 4.69) is 59.2 Å². The van der Waals surface area contributed by atoms with Gasteiger partial charge in [-0.15, -0.1) is 0 Å². The molecule has 2 aromatic heterocycles. The molecule has 0 atom stereocenters. The van der Waals surface area contributed by atoms with E-state index in [-0.39, 0.29) is 0 Å². The molecule has 0 radical (unpaired) electrons. The minimum Gasteiger partial charge on any atom is -0.367 e. The van der Waals surface area contributed by atoms with Crippen LogP contribution < -0.4 is 10.2 Å². The first-order valence-corrected chi connectivity index (χ1v) is 7.50. The van der Waals surface area contributed by atoms with Gasteiger partial charge in [0.1, 0.15) is 0 Å². The molecule has 0 aliphatic rings. The van der Waals surface area contributed by atoms with Crippen LogP contribution >= 0.6 is 0 Å². The molecule has 112 valence electrons. The Morgan fingerprint density at radius 1 is 1.10 bits per heavy atom. The fourth-order valence-corrected chi connectivity index (χ4v) is 2.25. The molecule has 2 rings (SSSR count). The molecule has 2 heterocycles. The van der Waals surface area contributed by atoms with Crippen LogP contribution in [0.4, 0.5) is 5.69 Å². The van der Waals surface area contributed by atoms with Gasteiger partial charge in [0.05, 0.1) is 0 Å². The van der Waals surface area contributed by atoms with Crippen LogP contribution in [0.15, 0.2) is 43.0 Å². The Kier molecular flexibility index (Phi) is 5.69. The zero-order chi connectivity index (χ0) is 15.1. The van der Waals surface area contributed by atoms with Crippen molar-refractivity contribution < 1.29 is 0 Å². The van der Waals surface area contributed by atoms with Gasteiger partial charge < -0.3 is 10.2 Å². The number of nitrogens with zero attached hydrogens (tertiary/aromatic N) is 3. The second-order valence-electron chi connectivity index (χ2n) is 5.41. The maximum absolute atomic E-state index is 4.27. The Bertz CT molecular complexity index is 539. The highest BCUT2D eigenvalue weighted by atomic mass is 15.1. The summed E-state index contributed by atoms with van der Waals surface area (Å²) in [5, 5.41) is 3.47. The predicted octanol–water partition coefficient (Wildman–Crippen LogP) is 3.00. The van der Waals surface area contributed by atoms with Gasteiger partial charge in [0, 0.05) is 61.7 Å². The van der Waals surface area contributed by atoms with Crippen molar-refractivity contribution in [3.63, 3.8) is 0 Å². The summed E-state index contributed by atoms with van der Waals surface area (Å²) in [6.45, 7) is 9.18. The fraction of sp³-hybridized carbons (Fsp3) is 0.412. The Morgan fingerprint density at radius 2 is 1.81 bits per heavy atom. The minimum absolute atomic E-state index is 0.466. The maximum Gasteiger partial charge on any atom is 0.0445 e. The molecule has 4 nitrogen and oxygen atoms in total. The molecule has 0 amide bonds. The van der Waals surface area contributed by atoms with Crippen molar-refractivity contribution in [3.05, 3.63) is 54.1 Å². The van der Waals surface area contributed by atoms with Crippen LogP contribution in [0.3, 0.4) is 0 Å². The number of hydrogen-bond donors (Lipinski definition) is 1. The summed E-state index contributed by atoms with van der Waals surface area (Å²) in [6.07, 6.45) is 7.51. The first-order valence-electron chi connectivity index (χ1n) is 7.50. The van der Waals surface area contributed by atoms with Crippen LogP contribution in [0.2, 0.25) is 0 Å². The van der Waals surface area contributed by atoms with Crippen LogP contribution in [0.1, 0.15) is 31.9 Å². The van der Waals surface area contributed by atoms with E-state index in [1.807, 2.05) is 24.8 Å². The molecule has 0 aliphatic carbocycles. The van der Waals surface area contributed by atoms with Crippen molar-refractivity contribution in [2.24, 2.45) is 0 Å². The zero-order valence-corrected chi connectivity index (χ0v) is 13.1. The molecule has 4 heteroatoms. The third-order valence-electron chi connectivity index (χ3n) is 3.42. The van der Waals surface area contributed by atoms with Gasteiger partial charge >= 0.3 is 0 Å². The summed E-state index contributed by atoms with van der Waals surface area (Å²) in [5.41, 5.74) is 3.76. The largest absolute Gasteiger partial charge is 0.367 e. The molecular formula is C17H24N4. The molecule has 21 heavy (non-hydrogen) atoms. The van der Waals surface area contributed by atoms with E-state index in [0.29, 0.717) is 6.04 Å². The molecule has 0 saturated heterocycles. The van der Waals surface area contributed by atoms with Crippen molar-refractivity contribution in [1.29, 1.82) is 0 Å². The van der Waals surface area contributed by atoms with E-state index < -0.39 is 0 Å². The quantitative estimate of drug-likeness (QED) is 0.848. The standard InChI is InChI=1S/C17H24N4/c1-4-21(13-15-5-8-18-9-6-15)17-7-10-19-11-16(17)12-20-14(2)3/h5-11,14,20H,4,12-13H2,1-3H3. The third-order valence-corrected chi connectivity index (χ3v) is 3.42. The van der Waals surface area contributed by atoms with Gasteiger partial charge in [-0.1, -0.05) is 13.8 Å². The van der Waals surface area contributed by atoms with Gasteiger partial charge in [-0.25, -0.2) is 0 Å². The smallest absolute Gasteiger partial charge is 0.0445 e. The second kappa shape index (κ2) is 7.74. The normalized spacial score (nSPS) is 10.9. The van der Waals surface area contributed by atoms with Gasteiger partial charge in [0.2, 0.25) is 0 Å². The molecule has 1 N–H and O–H groups in total. The van der Waals surface area contributed by atoms with Gasteiger partial charge in [-0.05, 0) is 30.7 Å². The number of pyridine rings is 2. The summed E-state index contributed by atoms with van der Waals surface area (Å²) in [5.74, 6) is 0. The Labute approximate surface area is 127 Å². The Morgan fingerprint density at radius 3 is 2.48 bits per heavy atom. The Balaban J connectivity index is 2.17. The molecule has 0 aromatic carbocycles.